The van der Waals surface area contributed by atoms with E-state index in [1.54, 1.807) is 0 Å². The predicted octanol–water partition coefficient (Wildman–Crippen LogP) is 0.686. The summed E-state index contributed by atoms with van der Waals surface area (Å²) in [5, 5.41) is 4.71. The number of nitrogens with one attached hydrogen (secondary N) is 3. The van der Waals surface area contributed by atoms with Gasteiger partial charge in [0.2, 0.25) is 10.0 Å². The largest absolute Gasteiger partial charge is 0.341 e. The summed E-state index contributed by atoms with van der Waals surface area (Å²) >= 11 is 5.58. The van der Waals surface area contributed by atoms with Gasteiger partial charge in [0, 0.05) is 25.2 Å². The maximum absolute atomic E-state index is 13.1. The Morgan fingerprint density at radius 2 is 2.00 bits per heavy atom. The van der Waals surface area contributed by atoms with Crippen molar-refractivity contribution in [3.63, 3.8) is 0 Å². The van der Waals surface area contributed by atoms with Crippen molar-refractivity contribution in [1.82, 2.24) is 15.4 Å². The standard InChI is InChI=1S/C10H13ClFN3O3S/c1-13-10(16)14-2-3-15-19(17,18)9-5-7(11)4-8(12)6-9/h4-6,15H,2-3H2,1H3,(H2,13,14,16). The van der Waals surface area contributed by atoms with E-state index in [1.807, 2.05) is 0 Å². The average Bonchev–Trinajstić information content (AvgIpc) is 2.33. The van der Waals surface area contributed by atoms with E-state index in [9.17, 15) is 17.6 Å². The highest BCUT2D eigenvalue weighted by Crippen LogP contribution is 2.17. The molecule has 1 aromatic carbocycles. The summed E-state index contributed by atoms with van der Waals surface area (Å²) < 4.78 is 38.8. The average molecular weight is 310 g/mol. The maximum Gasteiger partial charge on any atom is 0.314 e. The molecule has 19 heavy (non-hydrogen) atoms. The second-order valence-corrected chi connectivity index (χ2v) is 5.71. The molecule has 0 aromatic heterocycles. The first-order valence-electron chi connectivity index (χ1n) is 5.26. The molecule has 2 amide bonds. The number of sulfonamides is 1. The molecule has 0 heterocycles. The van der Waals surface area contributed by atoms with Gasteiger partial charge in [-0.25, -0.2) is 22.3 Å². The van der Waals surface area contributed by atoms with E-state index in [2.05, 4.69) is 15.4 Å². The first-order chi connectivity index (χ1) is 8.85. The molecule has 0 aliphatic heterocycles. The van der Waals surface area contributed by atoms with Crippen molar-refractivity contribution >= 4 is 27.7 Å². The Hall–Kier alpha value is -1.38. The van der Waals surface area contributed by atoms with Gasteiger partial charge in [-0.2, -0.15) is 0 Å². The zero-order valence-corrected chi connectivity index (χ0v) is 11.6. The Labute approximate surface area is 115 Å². The van der Waals surface area contributed by atoms with Crippen LogP contribution in [-0.2, 0) is 10.0 Å². The molecule has 1 rings (SSSR count). The van der Waals surface area contributed by atoms with E-state index in [4.69, 9.17) is 11.6 Å². The Balaban J connectivity index is 2.63. The summed E-state index contributed by atoms with van der Waals surface area (Å²) in [6, 6.07) is 2.58. The van der Waals surface area contributed by atoms with Crippen molar-refractivity contribution in [1.29, 1.82) is 0 Å². The Bertz CT molecular complexity index is 545. The van der Waals surface area contributed by atoms with E-state index >= 15 is 0 Å². The third kappa shape index (κ3) is 5.01. The van der Waals surface area contributed by atoms with Crippen LogP contribution < -0.4 is 15.4 Å². The topological polar surface area (TPSA) is 87.3 Å². The highest BCUT2D eigenvalue weighted by Gasteiger charge is 2.15. The fourth-order valence-electron chi connectivity index (χ4n) is 1.22. The van der Waals surface area contributed by atoms with Gasteiger partial charge in [0.1, 0.15) is 5.82 Å². The lowest BCUT2D eigenvalue weighted by Crippen LogP contribution is -2.38. The van der Waals surface area contributed by atoms with Crippen LogP contribution in [-0.4, -0.2) is 34.6 Å². The third-order valence-electron chi connectivity index (χ3n) is 2.08. The zero-order chi connectivity index (χ0) is 14.5. The van der Waals surface area contributed by atoms with Crippen LogP contribution in [0.15, 0.2) is 23.1 Å². The first-order valence-corrected chi connectivity index (χ1v) is 7.12. The molecule has 0 saturated carbocycles. The van der Waals surface area contributed by atoms with Gasteiger partial charge in [0.05, 0.1) is 4.90 Å². The van der Waals surface area contributed by atoms with Crippen molar-refractivity contribution in [2.75, 3.05) is 20.1 Å². The number of carbonyl (C=O) groups is 1. The maximum atomic E-state index is 13.1. The lowest BCUT2D eigenvalue weighted by atomic mass is 10.3. The summed E-state index contributed by atoms with van der Waals surface area (Å²) in [6.45, 7) is 0.0752. The molecule has 0 aliphatic rings. The highest BCUT2D eigenvalue weighted by molar-refractivity contribution is 7.89. The lowest BCUT2D eigenvalue weighted by Gasteiger charge is -2.08. The van der Waals surface area contributed by atoms with Gasteiger partial charge in [-0.15, -0.1) is 0 Å². The van der Waals surface area contributed by atoms with E-state index in [0.29, 0.717) is 0 Å². The number of halogens is 2. The van der Waals surface area contributed by atoms with Crippen molar-refractivity contribution in [2.24, 2.45) is 0 Å². The molecule has 1 aromatic rings. The molecule has 0 radical (unpaired) electrons. The van der Waals surface area contributed by atoms with E-state index in [-0.39, 0.29) is 23.0 Å². The van der Waals surface area contributed by atoms with E-state index < -0.39 is 21.9 Å². The zero-order valence-electron chi connectivity index (χ0n) is 10.0. The van der Waals surface area contributed by atoms with Crippen LogP contribution in [0.3, 0.4) is 0 Å². The van der Waals surface area contributed by atoms with Gasteiger partial charge < -0.3 is 10.6 Å². The monoisotopic (exact) mass is 309 g/mol. The number of amides is 2. The van der Waals surface area contributed by atoms with Crippen LogP contribution in [0, 0.1) is 5.82 Å². The smallest absolute Gasteiger partial charge is 0.314 e. The molecule has 0 spiro atoms. The third-order valence-corrected chi connectivity index (χ3v) is 3.73. The minimum atomic E-state index is -3.86. The molecule has 6 nitrogen and oxygen atoms in total. The van der Waals surface area contributed by atoms with Crippen LogP contribution in [0.2, 0.25) is 5.02 Å². The van der Waals surface area contributed by atoms with Crippen LogP contribution in [0.5, 0.6) is 0 Å². The molecular formula is C10H13ClFN3O3S. The second-order valence-electron chi connectivity index (χ2n) is 3.51. The molecule has 0 aliphatic carbocycles. The highest BCUT2D eigenvalue weighted by atomic mass is 35.5. The molecule has 0 fully saturated rings. The number of benzene rings is 1. The van der Waals surface area contributed by atoms with Crippen LogP contribution >= 0.6 is 11.6 Å². The van der Waals surface area contributed by atoms with Gasteiger partial charge in [0.15, 0.2) is 0 Å². The Morgan fingerprint density at radius 1 is 1.32 bits per heavy atom. The van der Waals surface area contributed by atoms with Crippen molar-refractivity contribution in [2.45, 2.75) is 4.90 Å². The molecule has 0 bridgehead atoms. The van der Waals surface area contributed by atoms with Crippen LogP contribution in [0.4, 0.5) is 9.18 Å². The fraction of sp³-hybridized carbons (Fsp3) is 0.300. The molecule has 9 heteroatoms. The fourth-order valence-corrected chi connectivity index (χ4v) is 2.59. The van der Waals surface area contributed by atoms with Gasteiger partial charge in [-0.1, -0.05) is 11.6 Å². The summed E-state index contributed by atoms with van der Waals surface area (Å²) in [6.07, 6.45) is 0. The Kier molecular flexibility index (Phi) is 5.52. The van der Waals surface area contributed by atoms with Crippen LogP contribution in [0.1, 0.15) is 0 Å². The van der Waals surface area contributed by atoms with Gasteiger partial charge in [-0.3, -0.25) is 0 Å². The van der Waals surface area contributed by atoms with Crippen molar-refractivity contribution in [3.8, 4) is 0 Å². The first kappa shape index (κ1) is 15.7. The molecule has 0 saturated heterocycles. The number of urea groups is 1. The number of rotatable bonds is 5. The number of hydrogen-bond donors (Lipinski definition) is 3. The van der Waals surface area contributed by atoms with Crippen LogP contribution in [0.25, 0.3) is 0 Å². The number of hydrogen-bond acceptors (Lipinski definition) is 3. The second kappa shape index (κ2) is 6.69. The molecule has 0 atom stereocenters. The Morgan fingerprint density at radius 3 is 2.58 bits per heavy atom. The summed E-state index contributed by atoms with van der Waals surface area (Å²) in [4.78, 5) is 10.6. The summed E-state index contributed by atoms with van der Waals surface area (Å²) in [5.41, 5.74) is 0. The lowest BCUT2D eigenvalue weighted by molar-refractivity contribution is 0.243. The predicted molar refractivity (Wildman–Crippen MR) is 69.1 cm³/mol. The minimum absolute atomic E-state index is 0.0103. The number of carbonyl (C=O) groups excluding carboxylic acids is 1. The summed E-state index contributed by atoms with van der Waals surface area (Å²) in [5.74, 6) is -0.739. The van der Waals surface area contributed by atoms with Gasteiger partial charge in [-0.05, 0) is 18.2 Å². The quantitative estimate of drug-likeness (QED) is 0.699. The molecule has 3 N–H and O–H groups in total. The molecular weight excluding hydrogens is 297 g/mol. The normalized spacial score (nSPS) is 11.1. The minimum Gasteiger partial charge on any atom is -0.341 e. The van der Waals surface area contributed by atoms with E-state index in [0.717, 1.165) is 18.2 Å². The van der Waals surface area contributed by atoms with Gasteiger partial charge in [0.25, 0.3) is 0 Å². The van der Waals surface area contributed by atoms with Gasteiger partial charge >= 0.3 is 6.03 Å². The SMILES string of the molecule is CNC(=O)NCCNS(=O)(=O)c1cc(F)cc(Cl)c1. The molecule has 0 unspecified atom stereocenters. The van der Waals surface area contributed by atoms with E-state index in [1.165, 1.54) is 7.05 Å². The summed E-state index contributed by atoms with van der Waals surface area (Å²) in [7, 11) is -2.42. The van der Waals surface area contributed by atoms with Crippen molar-refractivity contribution < 1.29 is 17.6 Å². The van der Waals surface area contributed by atoms with Crippen molar-refractivity contribution in [3.05, 3.63) is 29.0 Å². The molecule has 106 valence electrons.